The van der Waals surface area contributed by atoms with Gasteiger partial charge in [-0.2, -0.15) is 0 Å². The van der Waals surface area contributed by atoms with E-state index >= 15 is 0 Å². The molecule has 1 rings (SSSR count). The fourth-order valence-electron chi connectivity index (χ4n) is 5.18. The number of rotatable bonds is 25. The lowest BCUT2D eigenvalue weighted by molar-refractivity contribution is 0.0677. The van der Waals surface area contributed by atoms with Gasteiger partial charge in [0.2, 0.25) is 0 Å². The molecule has 0 N–H and O–H groups in total. The largest absolute Gasteiger partial charge is 0.498 e. The van der Waals surface area contributed by atoms with Gasteiger partial charge in [-0.15, -0.1) is 0 Å². The molecule has 1 aliphatic rings. The first-order valence-electron chi connectivity index (χ1n) is 15.8. The van der Waals surface area contributed by atoms with Crippen LogP contribution < -0.4 is 0 Å². The second-order valence-electron chi connectivity index (χ2n) is 11.1. The molecule has 2 unspecified atom stereocenters. The molecule has 0 spiro atoms. The molecular formula is C33H62O2. The Hall–Kier alpha value is -0.920. The third-order valence-electron chi connectivity index (χ3n) is 7.97. The van der Waals surface area contributed by atoms with Crippen molar-refractivity contribution in [1.29, 1.82) is 0 Å². The summed E-state index contributed by atoms with van der Waals surface area (Å²) in [6, 6.07) is 0. The predicted octanol–water partition coefficient (Wildman–Crippen LogP) is 11.4. The van der Waals surface area contributed by atoms with Crippen molar-refractivity contribution in [2.24, 2.45) is 5.92 Å². The number of hydrogen-bond acceptors (Lipinski definition) is 2. The highest BCUT2D eigenvalue weighted by Gasteiger charge is 2.26. The Morgan fingerprint density at radius 3 is 2.00 bits per heavy atom. The standard InChI is InChI=1S/C33H62O2/c1-6-10-12-13-14-15-16-19-22-26-32-29(5)33(35-32)27-23-20-17-18-21-25-31(9-4)34-28-30(8-3)24-11-7-2/h9,30,33H,6-8,10-28H2,1-5H3/b31-9-. The SMILES string of the molecule is C/C=C(/CCCCCCCC1OC(CCCCCCCCCCC)=C1C)OCC(CC)CCCC. The highest BCUT2D eigenvalue weighted by molar-refractivity contribution is 5.20. The molecule has 0 saturated carbocycles. The molecule has 0 aromatic carbocycles. The molecule has 0 aromatic rings. The van der Waals surface area contributed by atoms with Gasteiger partial charge in [-0.1, -0.05) is 111 Å². The molecule has 206 valence electrons. The van der Waals surface area contributed by atoms with Crippen molar-refractivity contribution in [3.8, 4) is 0 Å². The Labute approximate surface area is 220 Å². The van der Waals surface area contributed by atoms with Gasteiger partial charge in [-0.25, -0.2) is 0 Å². The van der Waals surface area contributed by atoms with Crippen molar-refractivity contribution in [1.82, 2.24) is 0 Å². The van der Waals surface area contributed by atoms with E-state index in [0.717, 1.165) is 18.9 Å². The third kappa shape index (κ3) is 15.7. The van der Waals surface area contributed by atoms with Crippen LogP contribution in [0.2, 0.25) is 0 Å². The lowest BCUT2D eigenvalue weighted by Gasteiger charge is -2.33. The van der Waals surface area contributed by atoms with Crippen molar-refractivity contribution < 1.29 is 9.47 Å². The van der Waals surface area contributed by atoms with E-state index in [1.165, 1.54) is 140 Å². The number of hydrogen-bond donors (Lipinski definition) is 0. The maximum atomic E-state index is 6.15. The minimum Gasteiger partial charge on any atom is -0.498 e. The molecule has 1 heterocycles. The number of ether oxygens (including phenoxy) is 2. The Morgan fingerprint density at radius 1 is 0.800 bits per heavy atom. The average molecular weight is 491 g/mol. The van der Waals surface area contributed by atoms with Gasteiger partial charge in [0, 0.05) is 18.4 Å². The molecule has 1 aliphatic heterocycles. The van der Waals surface area contributed by atoms with Crippen LogP contribution in [0.15, 0.2) is 23.2 Å². The second-order valence-corrected chi connectivity index (χ2v) is 11.1. The molecular weight excluding hydrogens is 428 g/mol. The van der Waals surface area contributed by atoms with Crippen LogP contribution in [-0.2, 0) is 9.47 Å². The van der Waals surface area contributed by atoms with Gasteiger partial charge in [0.1, 0.15) is 6.10 Å². The van der Waals surface area contributed by atoms with Gasteiger partial charge in [0.25, 0.3) is 0 Å². The molecule has 0 bridgehead atoms. The quantitative estimate of drug-likeness (QED) is 0.0935. The molecule has 0 saturated heterocycles. The summed E-state index contributed by atoms with van der Waals surface area (Å²) in [4.78, 5) is 0. The molecule has 0 amide bonds. The fraction of sp³-hybridized carbons (Fsp3) is 0.879. The first kappa shape index (κ1) is 32.1. The molecule has 35 heavy (non-hydrogen) atoms. The number of unbranched alkanes of at least 4 members (excludes halogenated alkanes) is 13. The Bertz CT molecular complexity index is 547. The first-order valence-corrected chi connectivity index (χ1v) is 15.8. The summed E-state index contributed by atoms with van der Waals surface area (Å²) in [6.45, 7) is 12.2. The fourth-order valence-corrected chi connectivity index (χ4v) is 5.18. The average Bonchev–Trinajstić information content (AvgIpc) is 2.88. The van der Waals surface area contributed by atoms with Crippen LogP contribution in [0.3, 0.4) is 0 Å². The van der Waals surface area contributed by atoms with Gasteiger partial charge >= 0.3 is 0 Å². The minimum absolute atomic E-state index is 0.422. The molecule has 0 fully saturated rings. The van der Waals surface area contributed by atoms with Gasteiger partial charge < -0.3 is 9.47 Å². The van der Waals surface area contributed by atoms with Crippen molar-refractivity contribution >= 4 is 0 Å². The third-order valence-corrected chi connectivity index (χ3v) is 7.97. The van der Waals surface area contributed by atoms with Crippen molar-refractivity contribution in [2.75, 3.05) is 6.61 Å². The summed E-state index contributed by atoms with van der Waals surface area (Å²) in [6.07, 6.45) is 30.4. The van der Waals surface area contributed by atoms with Crippen LogP contribution in [0.25, 0.3) is 0 Å². The summed E-state index contributed by atoms with van der Waals surface area (Å²) in [7, 11) is 0. The zero-order chi connectivity index (χ0) is 25.6. The van der Waals surface area contributed by atoms with Gasteiger partial charge in [0.15, 0.2) is 0 Å². The summed E-state index contributed by atoms with van der Waals surface area (Å²) in [5.74, 6) is 3.25. The van der Waals surface area contributed by atoms with Crippen LogP contribution in [0, 0.1) is 5.92 Å². The van der Waals surface area contributed by atoms with E-state index in [1.807, 2.05) is 0 Å². The minimum atomic E-state index is 0.422. The highest BCUT2D eigenvalue weighted by atomic mass is 16.5. The second kappa shape index (κ2) is 22.3. The van der Waals surface area contributed by atoms with E-state index in [9.17, 15) is 0 Å². The van der Waals surface area contributed by atoms with Crippen LogP contribution in [0.5, 0.6) is 0 Å². The monoisotopic (exact) mass is 490 g/mol. The molecule has 2 heteroatoms. The van der Waals surface area contributed by atoms with Crippen molar-refractivity contribution in [3.05, 3.63) is 23.2 Å². The maximum absolute atomic E-state index is 6.15. The van der Waals surface area contributed by atoms with Crippen LogP contribution in [-0.4, -0.2) is 12.7 Å². The number of allylic oxidation sites excluding steroid dienone is 3. The first-order chi connectivity index (χ1) is 17.2. The molecule has 2 nitrogen and oxygen atoms in total. The molecule has 0 radical (unpaired) electrons. The molecule has 0 aromatic heterocycles. The van der Waals surface area contributed by atoms with Gasteiger partial charge in [0.05, 0.1) is 18.1 Å². The van der Waals surface area contributed by atoms with Crippen LogP contribution in [0.1, 0.15) is 169 Å². The summed E-state index contributed by atoms with van der Waals surface area (Å²) < 4.78 is 12.3. The summed E-state index contributed by atoms with van der Waals surface area (Å²) in [5.41, 5.74) is 1.55. The van der Waals surface area contributed by atoms with Gasteiger partial charge in [-0.3, -0.25) is 0 Å². The smallest absolute Gasteiger partial charge is 0.122 e. The van der Waals surface area contributed by atoms with E-state index < -0.39 is 0 Å². The van der Waals surface area contributed by atoms with Crippen LogP contribution in [0.4, 0.5) is 0 Å². The van der Waals surface area contributed by atoms with Crippen molar-refractivity contribution in [2.45, 2.75) is 176 Å². The van der Waals surface area contributed by atoms with Crippen LogP contribution >= 0.6 is 0 Å². The van der Waals surface area contributed by atoms with E-state index in [4.69, 9.17) is 9.47 Å². The Morgan fingerprint density at radius 2 is 1.40 bits per heavy atom. The van der Waals surface area contributed by atoms with Crippen molar-refractivity contribution in [3.63, 3.8) is 0 Å². The molecule has 2 atom stereocenters. The normalized spacial score (nSPS) is 16.8. The van der Waals surface area contributed by atoms with E-state index in [2.05, 4.69) is 40.7 Å². The predicted molar refractivity (Wildman–Crippen MR) is 155 cm³/mol. The van der Waals surface area contributed by atoms with E-state index in [1.54, 1.807) is 5.57 Å². The molecule has 0 aliphatic carbocycles. The lowest BCUT2D eigenvalue weighted by Crippen LogP contribution is -2.26. The topological polar surface area (TPSA) is 18.5 Å². The van der Waals surface area contributed by atoms with Gasteiger partial charge in [-0.05, 0) is 57.9 Å². The zero-order valence-corrected chi connectivity index (χ0v) is 24.6. The summed E-state index contributed by atoms with van der Waals surface area (Å²) >= 11 is 0. The zero-order valence-electron chi connectivity index (χ0n) is 24.6. The summed E-state index contributed by atoms with van der Waals surface area (Å²) in [5, 5.41) is 0. The highest BCUT2D eigenvalue weighted by Crippen LogP contribution is 2.33. The van der Waals surface area contributed by atoms with E-state index in [0.29, 0.717) is 6.10 Å². The Kier molecular flexibility index (Phi) is 20.4. The van der Waals surface area contributed by atoms with E-state index in [-0.39, 0.29) is 0 Å². The lowest BCUT2D eigenvalue weighted by atomic mass is 9.95. The maximum Gasteiger partial charge on any atom is 0.122 e. The Balaban J connectivity index is 1.98.